The molecule has 5 nitrogen and oxygen atoms in total. The molecule has 8 heteroatoms. The van der Waals surface area contributed by atoms with E-state index in [0.29, 0.717) is 5.56 Å². The van der Waals surface area contributed by atoms with Crippen molar-refractivity contribution in [2.24, 2.45) is 0 Å². The summed E-state index contributed by atoms with van der Waals surface area (Å²) in [6.07, 6.45) is 1.72. The molecule has 0 aromatic heterocycles. The number of halogens is 2. The molecule has 0 unspecified atom stereocenters. The zero-order valence-electron chi connectivity index (χ0n) is 14.9. The fourth-order valence-electron chi connectivity index (χ4n) is 3.43. The Morgan fingerprint density at radius 1 is 1.30 bits per heavy atom. The Hall–Kier alpha value is -1.77. The molecule has 1 N–H and O–H groups in total. The molecule has 0 saturated carbocycles. The molecule has 0 aliphatic carbocycles. The van der Waals surface area contributed by atoms with Gasteiger partial charge in [0, 0.05) is 22.6 Å². The van der Waals surface area contributed by atoms with Crippen LogP contribution in [0.2, 0.25) is 0 Å². The van der Waals surface area contributed by atoms with Crippen molar-refractivity contribution in [2.45, 2.75) is 31.8 Å². The molecule has 144 valence electrons. The summed E-state index contributed by atoms with van der Waals surface area (Å²) in [6.45, 7) is 1.96. The van der Waals surface area contributed by atoms with E-state index in [4.69, 9.17) is 0 Å². The smallest absolute Gasteiger partial charge is 0.229 e. The number of carbonyl (C=O) groups is 1. The standard InChI is InChI=1S/C19H20BrFN2O3S/c1-12-9-14-10-15(20)5-8-18(14)23(12)19(24)11-17(22-27(2,25)26)13-3-6-16(21)7-4-13/h3-8,10,12,17,22H,9,11H2,1-2H3/t12-,17+/m0/s1. The van der Waals surface area contributed by atoms with Gasteiger partial charge in [-0.25, -0.2) is 17.5 Å². The van der Waals surface area contributed by atoms with Crippen molar-refractivity contribution in [3.05, 3.63) is 63.9 Å². The van der Waals surface area contributed by atoms with E-state index < -0.39 is 21.9 Å². The minimum atomic E-state index is -3.55. The number of hydrogen-bond donors (Lipinski definition) is 1. The topological polar surface area (TPSA) is 66.5 Å². The van der Waals surface area contributed by atoms with Crippen LogP contribution in [0.3, 0.4) is 0 Å². The lowest BCUT2D eigenvalue weighted by Crippen LogP contribution is -2.39. The third kappa shape index (κ3) is 4.75. The average molecular weight is 455 g/mol. The van der Waals surface area contributed by atoms with Crippen molar-refractivity contribution in [1.29, 1.82) is 0 Å². The highest BCUT2D eigenvalue weighted by atomic mass is 79.9. The Bertz CT molecular complexity index is 963. The summed E-state index contributed by atoms with van der Waals surface area (Å²) < 4.78 is 40.2. The van der Waals surface area contributed by atoms with Crippen molar-refractivity contribution in [1.82, 2.24) is 4.72 Å². The van der Waals surface area contributed by atoms with Gasteiger partial charge in [-0.05, 0) is 54.8 Å². The van der Waals surface area contributed by atoms with Crippen LogP contribution in [0.5, 0.6) is 0 Å². The molecule has 0 bridgehead atoms. The lowest BCUT2D eigenvalue weighted by molar-refractivity contribution is -0.119. The number of fused-ring (bicyclic) bond motifs is 1. The molecule has 1 amide bonds. The molecule has 1 aliphatic rings. The highest BCUT2D eigenvalue weighted by molar-refractivity contribution is 9.10. The monoisotopic (exact) mass is 454 g/mol. The lowest BCUT2D eigenvalue weighted by atomic mass is 10.0. The summed E-state index contributed by atoms with van der Waals surface area (Å²) in [7, 11) is -3.55. The molecular formula is C19H20BrFN2O3S. The van der Waals surface area contributed by atoms with Gasteiger partial charge in [-0.1, -0.05) is 28.1 Å². The Kier molecular flexibility index (Phi) is 5.69. The molecule has 2 atom stereocenters. The van der Waals surface area contributed by atoms with Crippen molar-refractivity contribution < 1.29 is 17.6 Å². The van der Waals surface area contributed by atoms with Gasteiger partial charge in [0.1, 0.15) is 5.82 Å². The second kappa shape index (κ2) is 7.69. The molecule has 0 saturated heterocycles. The van der Waals surface area contributed by atoms with E-state index in [2.05, 4.69) is 20.7 Å². The SMILES string of the molecule is C[C@H]1Cc2cc(Br)ccc2N1C(=O)C[C@@H](NS(C)(=O)=O)c1ccc(F)cc1. The van der Waals surface area contributed by atoms with Crippen LogP contribution in [0.4, 0.5) is 10.1 Å². The summed E-state index contributed by atoms with van der Waals surface area (Å²) in [5.41, 5.74) is 2.45. The van der Waals surface area contributed by atoms with Gasteiger partial charge in [-0.3, -0.25) is 4.79 Å². The van der Waals surface area contributed by atoms with E-state index in [1.165, 1.54) is 24.3 Å². The summed E-state index contributed by atoms with van der Waals surface area (Å²) >= 11 is 3.44. The van der Waals surface area contributed by atoms with Gasteiger partial charge in [0.15, 0.2) is 0 Å². The van der Waals surface area contributed by atoms with E-state index in [0.717, 1.165) is 28.4 Å². The maximum absolute atomic E-state index is 13.2. The molecule has 2 aromatic rings. The number of nitrogens with zero attached hydrogens (tertiary/aromatic N) is 1. The van der Waals surface area contributed by atoms with Gasteiger partial charge in [0.25, 0.3) is 0 Å². The number of amides is 1. The summed E-state index contributed by atoms with van der Waals surface area (Å²) in [6, 6.07) is 10.5. The fraction of sp³-hybridized carbons (Fsp3) is 0.316. The second-order valence-corrected chi connectivity index (χ2v) is 9.48. The molecule has 0 radical (unpaired) electrons. The summed E-state index contributed by atoms with van der Waals surface area (Å²) in [4.78, 5) is 14.8. The van der Waals surface area contributed by atoms with Gasteiger partial charge in [-0.2, -0.15) is 0 Å². The molecule has 2 aromatic carbocycles. The number of nitrogens with one attached hydrogen (secondary N) is 1. The van der Waals surface area contributed by atoms with E-state index >= 15 is 0 Å². The van der Waals surface area contributed by atoms with Crippen molar-refractivity contribution in [2.75, 3.05) is 11.2 Å². The van der Waals surface area contributed by atoms with Crippen LogP contribution in [-0.2, 0) is 21.2 Å². The maximum Gasteiger partial charge on any atom is 0.229 e. The first kappa shape index (κ1) is 20.0. The highest BCUT2D eigenvalue weighted by Crippen LogP contribution is 2.35. The molecule has 27 heavy (non-hydrogen) atoms. The highest BCUT2D eigenvalue weighted by Gasteiger charge is 2.32. The number of benzene rings is 2. The first-order chi connectivity index (χ1) is 12.6. The number of rotatable bonds is 5. The van der Waals surface area contributed by atoms with Crippen LogP contribution in [0, 0.1) is 5.82 Å². The van der Waals surface area contributed by atoms with Crippen LogP contribution < -0.4 is 9.62 Å². The molecule has 1 heterocycles. The largest absolute Gasteiger partial charge is 0.309 e. The number of carbonyl (C=O) groups excluding carboxylic acids is 1. The van der Waals surface area contributed by atoms with Crippen LogP contribution in [-0.4, -0.2) is 26.6 Å². The number of sulfonamides is 1. The minimum absolute atomic E-state index is 0.0195. The second-order valence-electron chi connectivity index (χ2n) is 6.79. The first-order valence-electron chi connectivity index (χ1n) is 8.47. The molecular weight excluding hydrogens is 435 g/mol. The predicted octanol–water partition coefficient (Wildman–Crippen LogP) is 3.55. The fourth-order valence-corrected chi connectivity index (χ4v) is 4.58. The van der Waals surface area contributed by atoms with Gasteiger partial charge < -0.3 is 4.90 Å². The summed E-state index contributed by atoms with van der Waals surface area (Å²) in [5, 5.41) is 0. The lowest BCUT2D eigenvalue weighted by Gasteiger charge is -2.26. The van der Waals surface area contributed by atoms with E-state index in [1.807, 2.05) is 25.1 Å². The molecule has 3 rings (SSSR count). The van der Waals surface area contributed by atoms with Crippen LogP contribution in [0.15, 0.2) is 46.9 Å². The van der Waals surface area contributed by atoms with E-state index in [-0.39, 0.29) is 18.4 Å². The van der Waals surface area contributed by atoms with Crippen molar-refractivity contribution in [3.8, 4) is 0 Å². The normalized spacial score (nSPS) is 17.6. The van der Waals surface area contributed by atoms with Gasteiger partial charge in [-0.15, -0.1) is 0 Å². The van der Waals surface area contributed by atoms with Gasteiger partial charge in [0.05, 0.1) is 12.3 Å². The molecule has 0 fully saturated rings. The van der Waals surface area contributed by atoms with E-state index in [9.17, 15) is 17.6 Å². The zero-order chi connectivity index (χ0) is 19.8. The van der Waals surface area contributed by atoms with Gasteiger partial charge >= 0.3 is 0 Å². The molecule has 1 aliphatic heterocycles. The van der Waals surface area contributed by atoms with Crippen LogP contribution in [0.1, 0.15) is 30.5 Å². The Morgan fingerprint density at radius 3 is 2.59 bits per heavy atom. The predicted molar refractivity (Wildman–Crippen MR) is 107 cm³/mol. The zero-order valence-corrected chi connectivity index (χ0v) is 17.3. The number of hydrogen-bond acceptors (Lipinski definition) is 3. The maximum atomic E-state index is 13.2. The minimum Gasteiger partial charge on any atom is -0.309 e. The summed E-state index contributed by atoms with van der Waals surface area (Å²) in [5.74, 6) is -0.607. The Balaban J connectivity index is 1.87. The first-order valence-corrected chi connectivity index (χ1v) is 11.2. The van der Waals surface area contributed by atoms with Crippen LogP contribution in [0.25, 0.3) is 0 Å². The van der Waals surface area contributed by atoms with Crippen LogP contribution >= 0.6 is 15.9 Å². The van der Waals surface area contributed by atoms with Crippen molar-refractivity contribution in [3.63, 3.8) is 0 Å². The Morgan fingerprint density at radius 2 is 1.96 bits per heavy atom. The quantitative estimate of drug-likeness (QED) is 0.750. The van der Waals surface area contributed by atoms with Gasteiger partial charge in [0.2, 0.25) is 15.9 Å². The third-order valence-corrected chi connectivity index (χ3v) is 5.74. The third-order valence-electron chi connectivity index (χ3n) is 4.53. The van der Waals surface area contributed by atoms with E-state index in [1.54, 1.807) is 4.90 Å². The molecule has 0 spiro atoms. The Labute approximate surface area is 166 Å². The van der Waals surface area contributed by atoms with Crippen molar-refractivity contribution >= 4 is 37.5 Å². The average Bonchev–Trinajstić information content (AvgIpc) is 2.88. The number of anilines is 1.